The normalized spacial score (nSPS) is 11.8. The fraction of sp³-hybridized carbons (Fsp3) is 0.385. The SMILES string of the molecule is CC[C@@H](C)NC(=O)NC(=O)CSc1cc(F)ccc1F. The maximum atomic E-state index is 13.3. The van der Waals surface area contributed by atoms with E-state index in [-0.39, 0.29) is 16.7 Å². The molecule has 0 saturated heterocycles. The van der Waals surface area contributed by atoms with Gasteiger partial charge in [0.15, 0.2) is 0 Å². The predicted octanol–water partition coefficient (Wildman–Crippen LogP) is 2.68. The third-order valence-corrected chi connectivity index (χ3v) is 3.53. The van der Waals surface area contributed by atoms with E-state index in [2.05, 4.69) is 10.6 Å². The first kappa shape index (κ1) is 16.4. The molecule has 110 valence electrons. The summed E-state index contributed by atoms with van der Waals surface area (Å²) in [4.78, 5) is 22.9. The van der Waals surface area contributed by atoms with Crippen LogP contribution in [-0.4, -0.2) is 23.7 Å². The monoisotopic (exact) mass is 302 g/mol. The Kier molecular flexibility index (Phi) is 6.44. The summed E-state index contributed by atoms with van der Waals surface area (Å²) in [6.45, 7) is 3.70. The number of urea groups is 1. The van der Waals surface area contributed by atoms with Crippen LogP contribution in [0, 0.1) is 11.6 Å². The maximum absolute atomic E-state index is 13.3. The van der Waals surface area contributed by atoms with Gasteiger partial charge in [0.25, 0.3) is 0 Å². The molecule has 1 aromatic carbocycles. The molecule has 0 radical (unpaired) electrons. The highest BCUT2D eigenvalue weighted by Gasteiger charge is 2.12. The van der Waals surface area contributed by atoms with Gasteiger partial charge in [0.2, 0.25) is 5.91 Å². The minimum Gasteiger partial charge on any atom is -0.335 e. The van der Waals surface area contributed by atoms with Crippen molar-refractivity contribution in [3.05, 3.63) is 29.8 Å². The number of imide groups is 1. The lowest BCUT2D eigenvalue weighted by molar-refractivity contribution is -0.117. The summed E-state index contributed by atoms with van der Waals surface area (Å²) in [7, 11) is 0. The Morgan fingerprint density at radius 2 is 2.05 bits per heavy atom. The van der Waals surface area contributed by atoms with E-state index in [4.69, 9.17) is 0 Å². The Bertz CT molecular complexity index is 497. The van der Waals surface area contributed by atoms with Gasteiger partial charge in [0.1, 0.15) is 11.6 Å². The molecule has 20 heavy (non-hydrogen) atoms. The molecule has 0 aromatic heterocycles. The van der Waals surface area contributed by atoms with Crippen LogP contribution < -0.4 is 10.6 Å². The van der Waals surface area contributed by atoms with Gasteiger partial charge in [-0.25, -0.2) is 13.6 Å². The third kappa shape index (κ3) is 5.56. The molecule has 7 heteroatoms. The first-order valence-corrected chi connectivity index (χ1v) is 7.09. The average molecular weight is 302 g/mol. The molecule has 2 N–H and O–H groups in total. The van der Waals surface area contributed by atoms with Crippen LogP contribution in [-0.2, 0) is 4.79 Å². The first-order valence-electron chi connectivity index (χ1n) is 6.10. The molecule has 0 aliphatic heterocycles. The van der Waals surface area contributed by atoms with E-state index in [0.717, 1.165) is 36.4 Å². The standard InChI is InChI=1S/C13H16F2N2O2S/c1-3-8(2)16-13(19)17-12(18)7-20-11-6-9(14)4-5-10(11)15/h4-6,8H,3,7H2,1-2H3,(H2,16,17,18,19)/t8-/m1/s1. The van der Waals surface area contributed by atoms with Gasteiger partial charge in [-0.2, -0.15) is 0 Å². The van der Waals surface area contributed by atoms with Crippen molar-refractivity contribution in [2.24, 2.45) is 0 Å². The molecular weight excluding hydrogens is 286 g/mol. The summed E-state index contributed by atoms with van der Waals surface area (Å²) in [5.74, 6) is -1.93. The molecule has 4 nitrogen and oxygen atoms in total. The maximum Gasteiger partial charge on any atom is 0.321 e. The van der Waals surface area contributed by atoms with Crippen LogP contribution in [0.25, 0.3) is 0 Å². The fourth-order valence-electron chi connectivity index (χ4n) is 1.26. The molecular formula is C13H16F2N2O2S. The van der Waals surface area contributed by atoms with E-state index < -0.39 is 23.6 Å². The average Bonchev–Trinajstić information content (AvgIpc) is 2.39. The van der Waals surface area contributed by atoms with Gasteiger partial charge in [0.05, 0.1) is 5.75 Å². The number of amides is 3. The molecule has 1 atom stereocenters. The Morgan fingerprint density at radius 1 is 1.35 bits per heavy atom. The van der Waals surface area contributed by atoms with Crippen LogP contribution in [0.4, 0.5) is 13.6 Å². The number of hydrogen-bond acceptors (Lipinski definition) is 3. The summed E-state index contributed by atoms with van der Waals surface area (Å²) < 4.78 is 26.2. The smallest absolute Gasteiger partial charge is 0.321 e. The molecule has 0 heterocycles. The van der Waals surface area contributed by atoms with Crippen LogP contribution in [0.15, 0.2) is 23.1 Å². The third-order valence-electron chi connectivity index (χ3n) is 2.49. The Morgan fingerprint density at radius 3 is 2.70 bits per heavy atom. The Labute approximate surface area is 120 Å². The van der Waals surface area contributed by atoms with Crippen molar-refractivity contribution in [2.45, 2.75) is 31.2 Å². The lowest BCUT2D eigenvalue weighted by Crippen LogP contribution is -2.43. The number of thioether (sulfide) groups is 1. The highest BCUT2D eigenvalue weighted by Crippen LogP contribution is 2.22. The predicted molar refractivity (Wildman–Crippen MR) is 73.5 cm³/mol. The van der Waals surface area contributed by atoms with Crippen molar-refractivity contribution in [3.8, 4) is 0 Å². The summed E-state index contributed by atoms with van der Waals surface area (Å²) in [6.07, 6.45) is 0.741. The molecule has 0 unspecified atom stereocenters. The van der Waals surface area contributed by atoms with Gasteiger partial charge in [-0.05, 0) is 31.5 Å². The lowest BCUT2D eigenvalue weighted by Gasteiger charge is -2.11. The molecule has 0 bridgehead atoms. The molecule has 3 amide bonds. The molecule has 0 fully saturated rings. The lowest BCUT2D eigenvalue weighted by atomic mass is 10.3. The fourth-order valence-corrected chi connectivity index (χ4v) is 2.02. The second kappa shape index (κ2) is 7.84. The molecule has 1 aromatic rings. The zero-order valence-corrected chi connectivity index (χ0v) is 12.0. The van der Waals surface area contributed by atoms with E-state index in [1.54, 1.807) is 6.92 Å². The van der Waals surface area contributed by atoms with E-state index in [1.165, 1.54) is 0 Å². The number of carbonyl (C=O) groups excluding carboxylic acids is 2. The van der Waals surface area contributed by atoms with Crippen LogP contribution in [0.5, 0.6) is 0 Å². The molecule has 0 spiro atoms. The number of hydrogen-bond donors (Lipinski definition) is 2. The van der Waals surface area contributed by atoms with E-state index >= 15 is 0 Å². The van der Waals surface area contributed by atoms with Gasteiger partial charge in [-0.15, -0.1) is 11.8 Å². The van der Waals surface area contributed by atoms with E-state index in [9.17, 15) is 18.4 Å². The number of halogens is 2. The van der Waals surface area contributed by atoms with Crippen molar-refractivity contribution in [3.63, 3.8) is 0 Å². The van der Waals surface area contributed by atoms with Gasteiger partial charge in [-0.3, -0.25) is 10.1 Å². The molecule has 0 aliphatic rings. The van der Waals surface area contributed by atoms with E-state index in [0.29, 0.717) is 0 Å². The van der Waals surface area contributed by atoms with Crippen molar-refractivity contribution in [1.82, 2.24) is 10.6 Å². The summed E-state index contributed by atoms with van der Waals surface area (Å²) in [5.41, 5.74) is 0. The molecule has 0 saturated carbocycles. The van der Waals surface area contributed by atoms with Gasteiger partial charge >= 0.3 is 6.03 Å². The first-order chi connectivity index (χ1) is 9.42. The number of benzene rings is 1. The summed E-state index contributed by atoms with van der Waals surface area (Å²) >= 11 is 0.829. The molecule has 1 rings (SSSR count). The number of carbonyl (C=O) groups is 2. The van der Waals surface area contributed by atoms with Crippen LogP contribution in [0.1, 0.15) is 20.3 Å². The second-order valence-corrected chi connectivity index (χ2v) is 5.21. The van der Waals surface area contributed by atoms with Crippen LogP contribution in [0.3, 0.4) is 0 Å². The Balaban J connectivity index is 2.43. The zero-order valence-electron chi connectivity index (χ0n) is 11.2. The van der Waals surface area contributed by atoms with Crippen molar-refractivity contribution >= 4 is 23.7 Å². The van der Waals surface area contributed by atoms with Gasteiger partial charge < -0.3 is 5.32 Å². The van der Waals surface area contributed by atoms with Gasteiger partial charge in [0, 0.05) is 10.9 Å². The highest BCUT2D eigenvalue weighted by atomic mass is 32.2. The second-order valence-electron chi connectivity index (χ2n) is 4.19. The minimum atomic E-state index is -0.603. The van der Waals surface area contributed by atoms with Crippen molar-refractivity contribution < 1.29 is 18.4 Å². The molecule has 0 aliphatic carbocycles. The Hall–Kier alpha value is -1.63. The topological polar surface area (TPSA) is 58.2 Å². The summed E-state index contributed by atoms with van der Waals surface area (Å²) in [6, 6.07) is 2.36. The van der Waals surface area contributed by atoms with Crippen LogP contribution >= 0.6 is 11.8 Å². The minimum absolute atomic E-state index is 0.0301. The highest BCUT2D eigenvalue weighted by molar-refractivity contribution is 8.00. The summed E-state index contributed by atoms with van der Waals surface area (Å²) in [5, 5.41) is 4.69. The number of nitrogens with one attached hydrogen (secondary N) is 2. The quantitative estimate of drug-likeness (QED) is 0.822. The van der Waals surface area contributed by atoms with E-state index in [1.807, 2.05) is 6.92 Å². The largest absolute Gasteiger partial charge is 0.335 e. The zero-order chi connectivity index (χ0) is 15.1. The van der Waals surface area contributed by atoms with Crippen molar-refractivity contribution in [1.29, 1.82) is 0 Å². The number of rotatable bonds is 5. The van der Waals surface area contributed by atoms with Crippen molar-refractivity contribution in [2.75, 3.05) is 5.75 Å². The van der Waals surface area contributed by atoms with Gasteiger partial charge in [-0.1, -0.05) is 6.92 Å². The van der Waals surface area contributed by atoms with Crippen LogP contribution in [0.2, 0.25) is 0 Å².